The van der Waals surface area contributed by atoms with Crippen molar-refractivity contribution >= 4 is 21.6 Å². The molecule has 2 aliphatic heterocycles. The summed E-state index contributed by atoms with van der Waals surface area (Å²) in [6, 6.07) is 1.82. The second-order valence-electron chi connectivity index (χ2n) is 7.03. The summed E-state index contributed by atoms with van der Waals surface area (Å²) in [5, 5.41) is 9.16. The third-order valence-electron chi connectivity index (χ3n) is 5.10. The molecule has 9 nitrogen and oxygen atoms in total. The highest BCUT2D eigenvalue weighted by Crippen LogP contribution is 2.23. The number of anilines is 1. The first-order chi connectivity index (χ1) is 13.3. The maximum Gasteiger partial charge on any atom is 0.236 e. The van der Waals surface area contributed by atoms with Crippen LogP contribution in [0.25, 0.3) is 0 Å². The number of hydrogen-bond donors (Lipinski definition) is 0. The predicted molar refractivity (Wildman–Crippen MR) is 102 cm³/mol. The molecule has 3 heterocycles. The maximum absolute atomic E-state index is 12.7. The van der Waals surface area contributed by atoms with Crippen LogP contribution in [0.1, 0.15) is 18.0 Å². The molecule has 1 amide bonds. The molecule has 150 valence electrons. The Morgan fingerprint density at radius 3 is 2.68 bits per heavy atom. The lowest BCUT2D eigenvalue weighted by Gasteiger charge is -2.36. The topological polar surface area (TPSA) is 111 Å². The lowest BCUT2D eigenvalue weighted by molar-refractivity contribution is -0.133. The molecule has 2 fully saturated rings. The highest BCUT2D eigenvalue weighted by atomic mass is 32.2. The van der Waals surface area contributed by atoms with E-state index in [2.05, 4.69) is 10.9 Å². The third kappa shape index (κ3) is 4.46. The Morgan fingerprint density at radius 1 is 1.39 bits per heavy atom. The zero-order valence-corrected chi connectivity index (χ0v) is 16.6. The molecule has 1 aromatic heterocycles. The van der Waals surface area contributed by atoms with Gasteiger partial charge in [-0.2, -0.15) is 5.26 Å². The average Bonchev–Trinajstić information content (AvgIpc) is 3.23. The van der Waals surface area contributed by atoms with Gasteiger partial charge in [-0.3, -0.25) is 9.69 Å². The average molecular weight is 405 g/mol. The minimum atomic E-state index is -3.05. The summed E-state index contributed by atoms with van der Waals surface area (Å²) in [4.78, 5) is 22.2. The number of terminal acetylenes is 1. The highest BCUT2D eigenvalue weighted by molar-refractivity contribution is 7.91. The molecule has 0 aromatic carbocycles. The summed E-state index contributed by atoms with van der Waals surface area (Å²) < 4.78 is 29.0. The van der Waals surface area contributed by atoms with E-state index in [9.17, 15) is 13.2 Å². The van der Waals surface area contributed by atoms with Crippen LogP contribution in [0.2, 0.25) is 0 Å². The van der Waals surface area contributed by atoms with Gasteiger partial charge in [-0.05, 0) is 6.42 Å². The van der Waals surface area contributed by atoms with Crippen LogP contribution in [0.3, 0.4) is 0 Å². The smallest absolute Gasteiger partial charge is 0.236 e. The van der Waals surface area contributed by atoms with Gasteiger partial charge in [0.2, 0.25) is 17.5 Å². The normalized spacial score (nSPS) is 21.5. The van der Waals surface area contributed by atoms with Crippen molar-refractivity contribution in [2.75, 3.05) is 55.7 Å². The van der Waals surface area contributed by atoms with Crippen LogP contribution in [0, 0.1) is 30.6 Å². The molecule has 0 saturated carbocycles. The van der Waals surface area contributed by atoms with Crippen LogP contribution in [0.15, 0.2) is 4.42 Å². The van der Waals surface area contributed by atoms with Crippen LogP contribution in [0.5, 0.6) is 0 Å². The van der Waals surface area contributed by atoms with E-state index < -0.39 is 9.84 Å². The number of carbonyl (C=O) groups excluding carboxylic acids is 1. The number of aryl methyl sites for hydroxylation is 1. The van der Waals surface area contributed by atoms with Crippen LogP contribution < -0.4 is 4.90 Å². The van der Waals surface area contributed by atoms with E-state index in [-0.39, 0.29) is 42.2 Å². The molecular formula is C18H23N5O4S. The van der Waals surface area contributed by atoms with Gasteiger partial charge in [0, 0.05) is 39.1 Å². The van der Waals surface area contributed by atoms with E-state index in [4.69, 9.17) is 16.1 Å². The van der Waals surface area contributed by atoms with Gasteiger partial charge in [-0.15, -0.1) is 6.42 Å². The molecule has 1 aromatic rings. The summed E-state index contributed by atoms with van der Waals surface area (Å²) in [6.45, 7) is 4.06. The highest BCUT2D eigenvalue weighted by Gasteiger charge is 2.34. The zero-order chi connectivity index (χ0) is 20.3. The second kappa shape index (κ2) is 8.21. The zero-order valence-electron chi connectivity index (χ0n) is 15.8. The van der Waals surface area contributed by atoms with E-state index >= 15 is 0 Å². The monoisotopic (exact) mass is 405 g/mol. The van der Waals surface area contributed by atoms with Crippen molar-refractivity contribution in [2.45, 2.75) is 19.4 Å². The fourth-order valence-electron chi connectivity index (χ4n) is 3.63. The maximum atomic E-state index is 12.7. The molecule has 10 heteroatoms. The van der Waals surface area contributed by atoms with E-state index in [0.717, 1.165) is 0 Å². The Morgan fingerprint density at radius 2 is 2.11 bits per heavy atom. The van der Waals surface area contributed by atoms with Gasteiger partial charge in [0.25, 0.3) is 0 Å². The molecule has 1 atom stereocenters. The summed E-state index contributed by atoms with van der Waals surface area (Å²) in [5.74, 6) is 3.52. The SMILES string of the molecule is C#CCN(CC(=O)N1CCN(c2oc(C)nc2C#N)CC1)C1CCS(=O)(=O)C1. The number of hydrogen-bond acceptors (Lipinski definition) is 8. The van der Waals surface area contributed by atoms with Crippen LogP contribution in [0.4, 0.5) is 5.88 Å². The molecule has 28 heavy (non-hydrogen) atoms. The van der Waals surface area contributed by atoms with Gasteiger partial charge < -0.3 is 14.2 Å². The van der Waals surface area contributed by atoms with Crippen molar-refractivity contribution in [1.82, 2.24) is 14.8 Å². The molecule has 0 N–H and O–H groups in total. The van der Waals surface area contributed by atoms with Crippen molar-refractivity contribution in [3.8, 4) is 18.4 Å². The number of carbonyl (C=O) groups is 1. The number of oxazole rings is 1. The van der Waals surface area contributed by atoms with Crippen molar-refractivity contribution in [3.05, 3.63) is 11.6 Å². The van der Waals surface area contributed by atoms with Crippen molar-refractivity contribution < 1.29 is 17.6 Å². The Hall–Kier alpha value is -2.56. The first-order valence-electron chi connectivity index (χ1n) is 9.11. The number of piperazine rings is 1. The quantitative estimate of drug-likeness (QED) is 0.610. The number of rotatable bonds is 5. The minimum Gasteiger partial charge on any atom is -0.424 e. The summed E-state index contributed by atoms with van der Waals surface area (Å²) in [6.07, 6.45) is 5.92. The Balaban J connectivity index is 1.58. The lowest BCUT2D eigenvalue weighted by Crippen LogP contribution is -2.52. The van der Waals surface area contributed by atoms with Crippen LogP contribution in [-0.4, -0.2) is 85.9 Å². The fourth-order valence-corrected chi connectivity index (χ4v) is 5.39. The molecule has 0 aliphatic carbocycles. The standard InChI is InChI=1S/C18H23N5O4S/c1-3-5-23(15-4-10-28(25,26)13-15)12-17(24)21-6-8-22(9-7-21)18-16(11-19)20-14(2)27-18/h1,15H,4-10,12-13H2,2H3. The number of aromatic nitrogens is 1. The molecular weight excluding hydrogens is 382 g/mol. The molecule has 2 saturated heterocycles. The molecule has 0 radical (unpaired) electrons. The Bertz CT molecular complexity index is 919. The number of sulfone groups is 1. The molecule has 0 bridgehead atoms. The van der Waals surface area contributed by atoms with Crippen LogP contribution in [-0.2, 0) is 14.6 Å². The Kier molecular flexibility index (Phi) is 5.92. The Labute approximate surface area is 164 Å². The van der Waals surface area contributed by atoms with Crippen molar-refractivity contribution in [3.63, 3.8) is 0 Å². The first kappa shape index (κ1) is 20.2. The van der Waals surface area contributed by atoms with Crippen molar-refractivity contribution in [1.29, 1.82) is 5.26 Å². The molecule has 3 rings (SSSR count). The fraction of sp³-hybridized carbons (Fsp3) is 0.611. The molecule has 0 spiro atoms. The number of nitrogens with zero attached hydrogens (tertiary/aromatic N) is 5. The van der Waals surface area contributed by atoms with Gasteiger partial charge in [0.1, 0.15) is 6.07 Å². The van der Waals surface area contributed by atoms with Gasteiger partial charge in [-0.25, -0.2) is 13.4 Å². The van der Waals surface area contributed by atoms with Gasteiger partial charge in [0.15, 0.2) is 15.7 Å². The summed E-state index contributed by atoms with van der Waals surface area (Å²) in [5.41, 5.74) is 0.250. The molecule has 2 aliphatic rings. The number of amides is 1. The lowest BCUT2D eigenvalue weighted by atomic mass is 10.2. The predicted octanol–water partition coefficient (Wildman–Crippen LogP) is -0.374. The summed E-state index contributed by atoms with van der Waals surface area (Å²) in [7, 11) is -3.05. The van der Waals surface area contributed by atoms with E-state index in [0.29, 0.717) is 44.4 Å². The first-order valence-corrected chi connectivity index (χ1v) is 10.9. The van der Waals surface area contributed by atoms with Gasteiger partial charge in [0.05, 0.1) is 24.6 Å². The van der Waals surface area contributed by atoms with Gasteiger partial charge >= 0.3 is 0 Å². The van der Waals surface area contributed by atoms with E-state index in [1.165, 1.54) is 0 Å². The number of nitriles is 1. The van der Waals surface area contributed by atoms with Gasteiger partial charge in [-0.1, -0.05) is 5.92 Å². The van der Waals surface area contributed by atoms with Crippen molar-refractivity contribution in [2.24, 2.45) is 0 Å². The molecule has 1 unspecified atom stereocenters. The second-order valence-corrected chi connectivity index (χ2v) is 9.26. The largest absolute Gasteiger partial charge is 0.424 e. The van der Waals surface area contributed by atoms with E-state index in [1.807, 2.05) is 11.0 Å². The summed E-state index contributed by atoms with van der Waals surface area (Å²) >= 11 is 0. The van der Waals surface area contributed by atoms with E-state index in [1.54, 1.807) is 16.7 Å². The minimum absolute atomic E-state index is 0.0531. The van der Waals surface area contributed by atoms with Crippen LogP contribution >= 0.6 is 0 Å². The third-order valence-corrected chi connectivity index (χ3v) is 6.85.